The van der Waals surface area contributed by atoms with Crippen molar-refractivity contribution in [2.45, 2.75) is 0 Å². The number of benzene rings is 6. The summed E-state index contributed by atoms with van der Waals surface area (Å²) in [5.41, 5.74) is 2.71. The molecule has 0 unspecified atom stereocenters. The average molecular weight is 661 g/mol. The molecule has 11 aromatic rings. The van der Waals surface area contributed by atoms with Crippen LogP contribution < -0.4 is 0 Å². The number of fused-ring (bicyclic) bond motifs is 14. The minimum absolute atomic E-state index is 1.34. The van der Waals surface area contributed by atoms with Crippen molar-refractivity contribution in [3.8, 4) is 20.9 Å². The van der Waals surface area contributed by atoms with Crippen LogP contribution in [0.4, 0.5) is 0 Å². The van der Waals surface area contributed by atoms with E-state index >= 15 is 0 Å². The molecule has 0 bridgehead atoms. The minimum Gasteiger partial charge on any atom is -0.135 e. The third-order valence-corrected chi connectivity index (χ3v) is 15.1. The smallest absolute Gasteiger partial charge is 0.0456 e. The summed E-state index contributed by atoms with van der Waals surface area (Å²) in [4.78, 5) is 2.67. The SMILES string of the molecule is c1ccc2c(c1)sc1c2cc(-c2ccc(-c3cc4c5ccccc5sc4c4c3sc3ccccc34)s2)c2sc3ccccc3c21. The molecule has 5 aromatic heterocycles. The van der Waals surface area contributed by atoms with E-state index in [0.29, 0.717) is 0 Å². The first kappa shape index (κ1) is 25.1. The van der Waals surface area contributed by atoms with Gasteiger partial charge in [0, 0.05) is 102 Å². The Kier molecular flexibility index (Phi) is 5.15. The van der Waals surface area contributed by atoms with Crippen molar-refractivity contribution in [2.24, 2.45) is 0 Å². The fourth-order valence-electron chi connectivity index (χ4n) is 7.12. The number of rotatable bonds is 2. The van der Waals surface area contributed by atoms with Crippen molar-refractivity contribution in [2.75, 3.05) is 0 Å². The molecule has 0 amide bonds. The van der Waals surface area contributed by atoms with Gasteiger partial charge in [0.1, 0.15) is 0 Å². The summed E-state index contributed by atoms with van der Waals surface area (Å²) in [6, 6.07) is 45.4. The van der Waals surface area contributed by atoms with Crippen molar-refractivity contribution in [3.05, 3.63) is 121 Å². The highest BCUT2D eigenvalue weighted by atomic mass is 32.1. The molecule has 0 aliphatic carbocycles. The Morgan fingerprint density at radius 3 is 1.09 bits per heavy atom. The Morgan fingerprint density at radius 2 is 0.644 bits per heavy atom. The van der Waals surface area contributed by atoms with Crippen LogP contribution in [0.1, 0.15) is 0 Å². The lowest BCUT2D eigenvalue weighted by molar-refractivity contribution is 1.85. The maximum atomic E-state index is 2.48. The van der Waals surface area contributed by atoms with E-state index in [1.54, 1.807) is 0 Å². The second kappa shape index (κ2) is 9.23. The van der Waals surface area contributed by atoms with Crippen molar-refractivity contribution < 1.29 is 0 Å². The van der Waals surface area contributed by atoms with Gasteiger partial charge in [-0.15, -0.1) is 56.7 Å². The summed E-state index contributed by atoms with van der Waals surface area (Å²) in [5, 5.41) is 11.0. The topological polar surface area (TPSA) is 0 Å². The molecule has 11 rings (SSSR count). The second-order valence-corrected chi connectivity index (χ2v) is 16.9. The second-order valence-electron chi connectivity index (χ2n) is 11.6. The number of hydrogen-bond donors (Lipinski definition) is 0. The molecule has 0 saturated heterocycles. The maximum Gasteiger partial charge on any atom is 0.0456 e. The van der Waals surface area contributed by atoms with Gasteiger partial charge in [-0.25, -0.2) is 0 Å². The molecule has 0 saturated carbocycles. The lowest BCUT2D eigenvalue weighted by Crippen LogP contribution is -1.77. The van der Waals surface area contributed by atoms with Gasteiger partial charge in [0.15, 0.2) is 0 Å². The summed E-state index contributed by atoms with van der Waals surface area (Å²) >= 11 is 9.69. The highest BCUT2D eigenvalue weighted by molar-refractivity contribution is 7.31. The predicted octanol–water partition coefficient (Wildman–Crippen LogP) is 14.6. The molecule has 0 fully saturated rings. The zero-order chi connectivity index (χ0) is 29.2. The van der Waals surface area contributed by atoms with E-state index < -0.39 is 0 Å². The lowest BCUT2D eigenvalue weighted by atomic mass is 10.0. The largest absolute Gasteiger partial charge is 0.135 e. The van der Waals surface area contributed by atoms with Crippen LogP contribution in [0, 0.1) is 0 Å². The molecule has 0 N–H and O–H groups in total. The van der Waals surface area contributed by atoms with Gasteiger partial charge in [-0.2, -0.15) is 0 Å². The molecule has 0 radical (unpaired) electrons. The molecule has 0 aliphatic heterocycles. The standard InChI is InChI=1S/C40H20S5/c1-5-13-29-21(9-1)25-19-27(39-35(37(25)42-29)23-11-3-7-15-31(23)44-39)33-17-18-34(41-33)28-20-26-22-10-2-6-14-30(22)43-38(26)36-24-12-4-8-16-32(24)45-40(28)36/h1-20H. The van der Waals surface area contributed by atoms with Crippen LogP contribution in [-0.4, -0.2) is 0 Å². The maximum absolute atomic E-state index is 2.48. The molecule has 0 nitrogen and oxygen atoms in total. The fourth-order valence-corrected chi connectivity index (χ4v) is 13.4. The van der Waals surface area contributed by atoms with E-state index in [4.69, 9.17) is 0 Å². The first-order chi connectivity index (χ1) is 22.3. The third-order valence-electron chi connectivity index (χ3n) is 9.12. The molecular formula is C40H20S5. The first-order valence-corrected chi connectivity index (χ1v) is 19.0. The van der Waals surface area contributed by atoms with Crippen LogP contribution in [0.15, 0.2) is 121 Å². The van der Waals surface area contributed by atoms with Gasteiger partial charge < -0.3 is 0 Å². The monoisotopic (exact) mass is 660 g/mol. The van der Waals surface area contributed by atoms with Crippen LogP contribution >= 0.6 is 56.7 Å². The number of thiophene rings is 5. The predicted molar refractivity (Wildman–Crippen MR) is 207 cm³/mol. The molecule has 6 aromatic carbocycles. The van der Waals surface area contributed by atoms with Gasteiger partial charge in [-0.3, -0.25) is 0 Å². The molecule has 5 heteroatoms. The molecule has 0 aliphatic rings. The fraction of sp³-hybridized carbons (Fsp3) is 0. The minimum atomic E-state index is 1.34. The molecular weight excluding hydrogens is 641 g/mol. The van der Waals surface area contributed by atoms with Gasteiger partial charge in [0.25, 0.3) is 0 Å². The first-order valence-electron chi connectivity index (χ1n) is 14.9. The van der Waals surface area contributed by atoms with Crippen molar-refractivity contribution in [1.29, 1.82) is 0 Å². The average Bonchev–Trinajstić information content (AvgIpc) is 3.90. The van der Waals surface area contributed by atoms with Gasteiger partial charge in [0.2, 0.25) is 0 Å². The van der Waals surface area contributed by atoms with Crippen LogP contribution in [0.5, 0.6) is 0 Å². The van der Waals surface area contributed by atoms with Gasteiger partial charge in [-0.05, 0) is 48.5 Å². The van der Waals surface area contributed by atoms with Crippen LogP contribution in [-0.2, 0) is 0 Å². The van der Waals surface area contributed by atoms with E-state index in [1.807, 2.05) is 56.7 Å². The zero-order valence-corrected chi connectivity index (χ0v) is 27.7. The summed E-state index contributed by atoms with van der Waals surface area (Å²) in [6.45, 7) is 0. The molecule has 5 heterocycles. The zero-order valence-electron chi connectivity index (χ0n) is 23.6. The van der Waals surface area contributed by atoms with Crippen LogP contribution in [0.2, 0.25) is 0 Å². The molecule has 45 heavy (non-hydrogen) atoms. The van der Waals surface area contributed by atoms with E-state index in [0.717, 1.165) is 0 Å². The highest BCUT2D eigenvalue weighted by Gasteiger charge is 2.21. The summed E-state index contributed by atoms with van der Waals surface area (Å²) in [5.74, 6) is 0. The van der Waals surface area contributed by atoms with Crippen LogP contribution in [0.25, 0.3) is 102 Å². The van der Waals surface area contributed by atoms with Gasteiger partial charge in [-0.1, -0.05) is 72.8 Å². The van der Waals surface area contributed by atoms with Crippen molar-refractivity contribution in [3.63, 3.8) is 0 Å². The molecule has 0 atom stereocenters. The highest BCUT2D eigenvalue weighted by Crippen LogP contribution is 2.52. The van der Waals surface area contributed by atoms with Crippen molar-refractivity contribution >= 4 is 137 Å². The Bertz CT molecular complexity index is 2790. The molecule has 210 valence electrons. The Balaban J connectivity index is 1.22. The van der Waals surface area contributed by atoms with E-state index in [-0.39, 0.29) is 0 Å². The normalized spacial score (nSPS) is 12.4. The van der Waals surface area contributed by atoms with E-state index in [1.165, 1.54) is 102 Å². The van der Waals surface area contributed by atoms with Gasteiger partial charge in [0.05, 0.1) is 0 Å². The summed E-state index contributed by atoms with van der Waals surface area (Å²) in [7, 11) is 0. The van der Waals surface area contributed by atoms with E-state index in [2.05, 4.69) is 121 Å². The van der Waals surface area contributed by atoms with Crippen molar-refractivity contribution in [1.82, 2.24) is 0 Å². The Hall–Kier alpha value is -4.10. The van der Waals surface area contributed by atoms with E-state index in [9.17, 15) is 0 Å². The van der Waals surface area contributed by atoms with Gasteiger partial charge >= 0.3 is 0 Å². The Morgan fingerprint density at radius 1 is 0.289 bits per heavy atom. The third kappa shape index (κ3) is 3.45. The summed E-state index contributed by atoms with van der Waals surface area (Å²) in [6.07, 6.45) is 0. The number of hydrogen-bond acceptors (Lipinski definition) is 5. The quantitative estimate of drug-likeness (QED) is 0.173. The lowest BCUT2D eigenvalue weighted by Gasteiger charge is -2.05. The molecule has 0 spiro atoms. The summed E-state index contributed by atoms with van der Waals surface area (Å²) < 4.78 is 11.0. The Labute approximate surface area is 277 Å². The van der Waals surface area contributed by atoms with Crippen LogP contribution in [0.3, 0.4) is 0 Å².